The lowest BCUT2D eigenvalue weighted by atomic mass is 10.0. The summed E-state index contributed by atoms with van der Waals surface area (Å²) in [6.45, 7) is 0. The molecule has 134 valence electrons. The zero-order valence-corrected chi connectivity index (χ0v) is 15.5. The van der Waals surface area contributed by atoms with Gasteiger partial charge in [-0.2, -0.15) is 0 Å². The molecule has 0 heterocycles. The molecule has 0 spiro atoms. The third kappa shape index (κ3) is 3.86. The molecule has 0 aliphatic carbocycles. The Bertz CT molecular complexity index is 1180. The van der Waals surface area contributed by atoms with Crippen molar-refractivity contribution in [2.24, 2.45) is 0 Å². The monoisotopic (exact) mass is 373 g/mol. The van der Waals surface area contributed by atoms with Gasteiger partial charge in [0, 0.05) is 11.1 Å². The topological polar surface area (TPSA) is 46.2 Å². The zero-order chi connectivity index (χ0) is 18.7. The summed E-state index contributed by atoms with van der Waals surface area (Å²) in [6, 6.07) is 30.5. The summed E-state index contributed by atoms with van der Waals surface area (Å²) < 4.78 is 28.7. The van der Waals surface area contributed by atoms with Crippen molar-refractivity contribution < 1.29 is 8.42 Å². The molecule has 1 N–H and O–H groups in total. The van der Waals surface area contributed by atoms with Crippen LogP contribution in [0.5, 0.6) is 0 Å². The molecule has 0 aliphatic heterocycles. The van der Waals surface area contributed by atoms with E-state index in [1.165, 1.54) is 5.56 Å². The lowest BCUT2D eigenvalue weighted by Gasteiger charge is -2.12. The molecular weight excluding hydrogens is 354 g/mol. The summed E-state index contributed by atoms with van der Waals surface area (Å²) >= 11 is 0. The predicted octanol–water partition coefficient (Wildman–Crippen LogP) is 5.23. The Kier molecular flexibility index (Phi) is 4.65. The number of benzene rings is 4. The molecule has 0 saturated heterocycles. The van der Waals surface area contributed by atoms with Gasteiger partial charge < -0.3 is 0 Å². The first kappa shape index (κ1) is 17.3. The van der Waals surface area contributed by atoms with Crippen LogP contribution in [0.2, 0.25) is 0 Å². The molecule has 0 saturated carbocycles. The van der Waals surface area contributed by atoms with Crippen LogP contribution in [0.4, 0.5) is 5.69 Å². The van der Waals surface area contributed by atoms with E-state index in [0.717, 1.165) is 17.4 Å². The van der Waals surface area contributed by atoms with E-state index in [1.54, 1.807) is 18.2 Å². The van der Waals surface area contributed by atoms with E-state index >= 15 is 0 Å². The molecule has 4 heteroatoms. The molecule has 0 bridgehead atoms. The molecule has 4 rings (SSSR count). The van der Waals surface area contributed by atoms with Crippen molar-refractivity contribution in [3.05, 3.63) is 108 Å². The minimum absolute atomic E-state index is 0.286. The summed E-state index contributed by atoms with van der Waals surface area (Å²) in [7, 11) is -3.68. The third-order valence-electron chi connectivity index (χ3n) is 4.47. The maximum atomic E-state index is 13.0. The van der Waals surface area contributed by atoms with Crippen molar-refractivity contribution in [2.75, 3.05) is 4.72 Å². The first-order chi connectivity index (χ1) is 13.1. The molecule has 27 heavy (non-hydrogen) atoms. The molecule has 4 aromatic rings. The summed E-state index contributed by atoms with van der Waals surface area (Å²) in [4.78, 5) is 0.286. The maximum absolute atomic E-state index is 13.0. The number of hydrogen-bond acceptors (Lipinski definition) is 2. The smallest absolute Gasteiger partial charge is 0.262 e. The Morgan fingerprint density at radius 1 is 0.667 bits per heavy atom. The molecule has 0 radical (unpaired) electrons. The summed E-state index contributed by atoms with van der Waals surface area (Å²) in [5.74, 6) is 0. The molecule has 0 amide bonds. The highest BCUT2D eigenvalue weighted by molar-refractivity contribution is 7.93. The fourth-order valence-electron chi connectivity index (χ4n) is 3.22. The molecule has 0 atom stereocenters. The van der Waals surface area contributed by atoms with Crippen molar-refractivity contribution in [1.29, 1.82) is 0 Å². The minimum atomic E-state index is -3.68. The molecule has 3 nitrogen and oxygen atoms in total. The van der Waals surface area contributed by atoms with Gasteiger partial charge in [-0.3, -0.25) is 4.72 Å². The van der Waals surface area contributed by atoms with Gasteiger partial charge >= 0.3 is 0 Å². The van der Waals surface area contributed by atoms with E-state index in [0.29, 0.717) is 11.1 Å². The molecule has 0 aromatic heterocycles. The van der Waals surface area contributed by atoms with Crippen LogP contribution in [0.25, 0.3) is 10.8 Å². The van der Waals surface area contributed by atoms with Crippen molar-refractivity contribution in [3.8, 4) is 0 Å². The van der Waals surface area contributed by atoms with E-state index < -0.39 is 10.0 Å². The molecule has 0 aliphatic rings. The van der Waals surface area contributed by atoms with E-state index in [-0.39, 0.29) is 4.90 Å². The Labute approximate surface area is 159 Å². The second-order valence-electron chi connectivity index (χ2n) is 6.45. The summed E-state index contributed by atoms with van der Waals surface area (Å²) in [5, 5.41) is 1.62. The van der Waals surface area contributed by atoms with Crippen LogP contribution in [0.1, 0.15) is 11.1 Å². The van der Waals surface area contributed by atoms with Gasteiger partial charge in [-0.15, -0.1) is 0 Å². The van der Waals surface area contributed by atoms with Crippen LogP contribution in [-0.4, -0.2) is 8.42 Å². The average Bonchev–Trinajstić information content (AvgIpc) is 2.68. The standard InChI is InChI=1S/C23H19NO2S/c25-27(26,23-15-7-12-20-11-4-5-14-22(20)23)24-21-13-6-10-19(17-21)16-18-8-2-1-3-9-18/h1-15,17,24H,16H2. The highest BCUT2D eigenvalue weighted by Gasteiger charge is 2.17. The quantitative estimate of drug-likeness (QED) is 0.520. The van der Waals surface area contributed by atoms with Gasteiger partial charge in [0.1, 0.15) is 0 Å². The van der Waals surface area contributed by atoms with Crippen LogP contribution in [-0.2, 0) is 16.4 Å². The SMILES string of the molecule is O=S(=O)(Nc1cccc(Cc2ccccc2)c1)c1cccc2ccccc12. The second-order valence-corrected chi connectivity index (χ2v) is 8.10. The number of hydrogen-bond donors (Lipinski definition) is 1. The zero-order valence-electron chi connectivity index (χ0n) is 14.7. The number of nitrogens with one attached hydrogen (secondary N) is 1. The van der Waals surface area contributed by atoms with Gasteiger partial charge in [-0.05, 0) is 41.1 Å². The van der Waals surface area contributed by atoms with Crippen molar-refractivity contribution in [3.63, 3.8) is 0 Å². The molecule has 0 unspecified atom stereocenters. The Morgan fingerprint density at radius 2 is 1.33 bits per heavy atom. The lowest BCUT2D eigenvalue weighted by Crippen LogP contribution is -2.13. The predicted molar refractivity (Wildman–Crippen MR) is 110 cm³/mol. The number of sulfonamides is 1. The minimum Gasteiger partial charge on any atom is -0.280 e. The van der Waals surface area contributed by atoms with Gasteiger partial charge in [-0.1, -0.05) is 78.9 Å². The lowest BCUT2D eigenvalue weighted by molar-refractivity contribution is 0.602. The molecule has 4 aromatic carbocycles. The summed E-state index contributed by atoms with van der Waals surface area (Å²) in [5.41, 5.74) is 2.81. The Morgan fingerprint density at radius 3 is 2.19 bits per heavy atom. The van der Waals surface area contributed by atoms with Crippen molar-refractivity contribution in [1.82, 2.24) is 0 Å². The van der Waals surface area contributed by atoms with Crippen LogP contribution >= 0.6 is 0 Å². The first-order valence-corrected chi connectivity index (χ1v) is 10.2. The van der Waals surface area contributed by atoms with Crippen LogP contribution in [0.3, 0.4) is 0 Å². The molecular formula is C23H19NO2S. The van der Waals surface area contributed by atoms with E-state index in [1.807, 2.05) is 66.7 Å². The average molecular weight is 373 g/mol. The Hall–Kier alpha value is -3.11. The summed E-state index contributed by atoms with van der Waals surface area (Å²) in [6.07, 6.45) is 0.755. The highest BCUT2D eigenvalue weighted by Crippen LogP contribution is 2.25. The second kappa shape index (κ2) is 7.25. The van der Waals surface area contributed by atoms with Crippen LogP contribution in [0.15, 0.2) is 102 Å². The fourth-order valence-corrected chi connectivity index (χ4v) is 4.50. The van der Waals surface area contributed by atoms with E-state index in [9.17, 15) is 8.42 Å². The van der Waals surface area contributed by atoms with Crippen molar-refractivity contribution >= 4 is 26.5 Å². The normalized spacial score (nSPS) is 11.4. The van der Waals surface area contributed by atoms with Crippen LogP contribution < -0.4 is 4.72 Å². The van der Waals surface area contributed by atoms with Gasteiger partial charge in [0.25, 0.3) is 10.0 Å². The first-order valence-electron chi connectivity index (χ1n) is 8.75. The van der Waals surface area contributed by atoms with Gasteiger partial charge in [0.2, 0.25) is 0 Å². The number of fused-ring (bicyclic) bond motifs is 1. The van der Waals surface area contributed by atoms with E-state index in [4.69, 9.17) is 0 Å². The van der Waals surface area contributed by atoms with Gasteiger partial charge in [0.15, 0.2) is 0 Å². The fraction of sp³-hybridized carbons (Fsp3) is 0.0435. The van der Waals surface area contributed by atoms with Gasteiger partial charge in [0.05, 0.1) is 4.90 Å². The number of anilines is 1. The highest BCUT2D eigenvalue weighted by atomic mass is 32.2. The van der Waals surface area contributed by atoms with E-state index in [2.05, 4.69) is 16.9 Å². The van der Waals surface area contributed by atoms with Gasteiger partial charge in [-0.25, -0.2) is 8.42 Å². The maximum Gasteiger partial charge on any atom is 0.262 e. The molecule has 0 fully saturated rings. The Balaban J connectivity index is 1.64. The largest absolute Gasteiger partial charge is 0.280 e. The third-order valence-corrected chi connectivity index (χ3v) is 5.91. The van der Waals surface area contributed by atoms with Crippen LogP contribution in [0, 0.1) is 0 Å². The van der Waals surface area contributed by atoms with Crippen molar-refractivity contribution in [2.45, 2.75) is 11.3 Å². The number of rotatable bonds is 5.